The van der Waals surface area contributed by atoms with Gasteiger partial charge in [-0.15, -0.1) is 0 Å². The molecule has 0 amide bonds. The third-order valence-corrected chi connectivity index (χ3v) is 5.66. The molecule has 0 spiro atoms. The summed E-state index contributed by atoms with van der Waals surface area (Å²) >= 11 is 0. The smallest absolute Gasteiger partial charge is 0.151 e. The summed E-state index contributed by atoms with van der Waals surface area (Å²) < 4.78 is 5.52. The average Bonchev–Trinajstić information content (AvgIpc) is 3.22. The minimum atomic E-state index is -0.217. The zero-order valence-corrected chi connectivity index (χ0v) is 16.1. The molecule has 1 aromatic carbocycles. The summed E-state index contributed by atoms with van der Waals surface area (Å²) in [6, 6.07) is 16.3. The van der Waals surface area contributed by atoms with E-state index in [1.165, 1.54) is 5.56 Å². The fourth-order valence-corrected chi connectivity index (χ4v) is 3.96. The molecule has 1 aliphatic rings. The Labute approximate surface area is 166 Å². The number of rotatable bonds is 7. The van der Waals surface area contributed by atoms with Crippen LogP contribution in [0.15, 0.2) is 65.4 Å². The summed E-state index contributed by atoms with van der Waals surface area (Å²) in [7, 11) is 0. The van der Waals surface area contributed by atoms with E-state index < -0.39 is 0 Å². The number of nitrogens with zero attached hydrogens (tertiary/aromatic N) is 3. The van der Waals surface area contributed by atoms with Gasteiger partial charge in [-0.1, -0.05) is 35.5 Å². The van der Waals surface area contributed by atoms with Crippen LogP contribution >= 0.6 is 0 Å². The molecule has 0 bridgehead atoms. The highest BCUT2D eigenvalue weighted by molar-refractivity contribution is 5.57. The van der Waals surface area contributed by atoms with E-state index in [0.29, 0.717) is 5.92 Å². The van der Waals surface area contributed by atoms with Gasteiger partial charge in [-0.3, -0.25) is 9.88 Å². The minimum Gasteiger partial charge on any atom is -0.393 e. The van der Waals surface area contributed by atoms with Gasteiger partial charge < -0.3 is 9.63 Å². The number of pyridine rings is 1. The predicted octanol–water partition coefficient (Wildman–Crippen LogP) is 3.94. The van der Waals surface area contributed by atoms with Gasteiger partial charge >= 0.3 is 0 Å². The fourth-order valence-electron chi connectivity index (χ4n) is 3.96. The van der Waals surface area contributed by atoms with Crippen molar-refractivity contribution in [2.75, 3.05) is 13.1 Å². The number of hydrogen-bond acceptors (Lipinski definition) is 5. The molecule has 0 saturated carbocycles. The zero-order valence-electron chi connectivity index (χ0n) is 16.1. The summed E-state index contributed by atoms with van der Waals surface area (Å²) in [6.07, 6.45) is 7.15. The van der Waals surface area contributed by atoms with Gasteiger partial charge in [-0.2, -0.15) is 0 Å². The van der Waals surface area contributed by atoms with Crippen LogP contribution in [0.2, 0.25) is 0 Å². The molecule has 1 fully saturated rings. The van der Waals surface area contributed by atoms with E-state index in [9.17, 15) is 5.11 Å². The Morgan fingerprint density at radius 1 is 1.07 bits per heavy atom. The molecule has 0 radical (unpaired) electrons. The largest absolute Gasteiger partial charge is 0.393 e. The standard InChI is InChI=1S/C23H27N3O2/c27-23(7-6-18-4-2-1-3-5-18)20-10-14-26(15-11-20)17-21-16-22(25-28-21)19-8-12-24-13-9-19/h1-5,8-9,12-13,16,20,23,27H,6-7,10-11,14-15,17H2. The molecule has 3 aromatic rings. The molecule has 1 aliphatic heterocycles. The third kappa shape index (κ3) is 4.86. The van der Waals surface area contributed by atoms with E-state index in [0.717, 1.165) is 62.3 Å². The fraction of sp³-hybridized carbons (Fsp3) is 0.391. The molecule has 2 aromatic heterocycles. The maximum Gasteiger partial charge on any atom is 0.151 e. The molecule has 146 valence electrons. The van der Waals surface area contributed by atoms with Gasteiger partial charge in [-0.25, -0.2) is 0 Å². The van der Waals surface area contributed by atoms with E-state index in [4.69, 9.17) is 4.52 Å². The first kappa shape index (κ1) is 18.8. The number of likely N-dealkylation sites (tertiary alicyclic amines) is 1. The molecule has 1 atom stereocenters. The van der Waals surface area contributed by atoms with E-state index in [-0.39, 0.29) is 6.10 Å². The molecule has 3 heterocycles. The molecule has 4 rings (SSSR count). The lowest BCUT2D eigenvalue weighted by molar-refractivity contribution is 0.0497. The van der Waals surface area contributed by atoms with Gasteiger partial charge in [0.15, 0.2) is 5.76 Å². The Balaban J connectivity index is 1.24. The second kappa shape index (κ2) is 9.13. The Morgan fingerprint density at radius 2 is 1.82 bits per heavy atom. The second-order valence-corrected chi connectivity index (χ2v) is 7.62. The van der Waals surface area contributed by atoms with Crippen LogP contribution in [-0.2, 0) is 13.0 Å². The van der Waals surface area contributed by atoms with E-state index in [1.807, 2.05) is 24.3 Å². The van der Waals surface area contributed by atoms with Crippen LogP contribution in [0.4, 0.5) is 0 Å². The summed E-state index contributed by atoms with van der Waals surface area (Å²) in [5.74, 6) is 1.27. The van der Waals surface area contributed by atoms with Crippen molar-refractivity contribution >= 4 is 0 Å². The Kier molecular flexibility index (Phi) is 6.14. The van der Waals surface area contributed by atoms with Crippen LogP contribution in [0.5, 0.6) is 0 Å². The molecule has 0 aliphatic carbocycles. The van der Waals surface area contributed by atoms with Crippen molar-refractivity contribution in [3.05, 3.63) is 72.2 Å². The average molecular weight is 377 g/mol. The summed E-state index contributed by atoms with van der Waals surface area (Å²) in [6.45, 7) is 2.74. The third-order valence-electron chi connectivity index (χ3n) is 5.66. The van der Waals surface area contributed by atoms with Crippen LogP contribution in [0.3, 0.4) is 0 Å². The number of aliphatic hydroxyl groups is 1. The van der Waals surface area contributed by atoms with Crippen LogP contribution in [0.25, 0.3) is 11.3 Å². The molecule has 1 N–H and O–H groups in total. The van der Waals surface area contributed by atoms with Gasteiger partial charge in [0.25, 0.3) is 0 Å². The van der Waals surface area contributed by atoms with Crippen LogP contribution < -0.4 is 0 Å². The number of piperidine rings is 1. The Hall–Kier alpha value is -2.50. The maximum atomic E-state index is 10.6. The number of aryl methyl sites for hydroxylation is 1. The SMILES string of the molecule is OC(CCc1ccccc1)C1CCN(Cc2cc(-c3ccncc3)no2)CC1. The molecule has 1 saturated heterocycles. The summed E-state index contributed by atoms with van der Waals surface area (Å²) in [5, 5.41) is 14.8. The van der Waals surface area contributed by atoms with Gasteiger partial charge in [-0.05, 0) is 62.4 Å². The van der Waals surface area contributed by atoms with Crippen molar-refractivity contribution in [2.45, 2.75) is 38.3 Å². The van der Waals surface area contributed by atoms with E-state index in [1.54, 1.807) is 12.4 Å². The summed E-state index contributed by atoms with van der Waals surface area (Å²) in [4.78, 5) is 6.42. The maximum absolute atomic E-state index is 10.6. The Bertz CT molecular complexity index is 843. The van der Waals surface area contributed by atoms with Crippen molar-refractivity contribution in [1.82, 2.24) is 15.0 Å². The monoisotopic (exact) mass is 377 g/mol. The second-order valence-electron chi connectivity index (χ2n) is 7.62. The first-order chi connectivity index (χ1) is 13.8. The number of hydrogen-bond donors (Lipinski definition) is 1. The van der Waals surface area contributed by atoms with Gasteiger partial charge in [0.1, 0.15) is 5.69 Å². The van der Waals surface area contributed by atoms with Crippen LogP contribution in [0.1, 0.15) is 30.6 Å². The number of benzene rings is 1. The van der Waals surface area contributed by atoms with E-state index in [2.05, 4.69) is 39.3 Å². The van der Waals surface area contributed by atoms with Crippen molar-refractivity contribution in [3.8, 4) is 11.3 Å². The normalized spacial score (nSPS) is 16.9. The van der Waals surface area contributed by atoms with Gasteiger partial charge in [0.2, 0.25) is 0 Å². The lowest BCUT2D eigenvalue weighted by atomic mass is 9.88. The van der Waals surface area contributed by atoms with Crippen molar-refractivity contribution in [3.63, 3.8) is 0 Å². The minimum absolute atomic E-state index is 0.217. The van der Waals surface area contributed by atoms with Crippen LogP contribution in [0, 0.1) is 5.92 Å². The molecule has 1 unspecified atom stereocenters. The number of aliphatic hydroxyl groups excluding tert-OH is 1. The lowest BCUT2D eigenvalue weighted by Gasteiger charge is -2.33. The lowest BCUT2D eigenvalue weighted by Crippen LogP contribution is -2.37. The zero-order chi connectivity index (χ0) is 19.2. The first-order valence-corrected chi connectivity index (χ1v) is 10.1. The van der Waals surface area contributed by atoms with Crippen molar-refractivity contribution in [1.29, 1.82) is 0 Å². The van der Waals surface area contributed by atoms with Crippen molar-refractivity contribution in [2.24, 2.45) is 5.92 Å². The number of aromatic nitrogens is 2. The van der Waals surface area contributed by atoms with Gasteiger partial charge in [0, 0.05) is 24.0 Å². The van der Waals surface area contributed by atoms with Gasteiger partial charge in [0.05, 0.1) is 12.6 Å². The Morgan fingerprint density at radius 3 is 2.57 bits per heavy atom. The molecular formula is C23H27N3O2. The highest BCUT2D eigenvalue weighted by Crippen LogP contribution is 2.25. The quantitative estimate of drug-likeness (QED) is 0.676. The van der Waals surface area contributed by atoms with Crippen molar-refractivity contribution < 1.29 is 9.63 Å². The topological polar surface area (TPSA) is 62.4 Å². The first-order valence-electron chi connectivity index (χ1n) is 10.1. The molecule has 5 nitrogen and oxygen atoms in total. The summed E-state index contributed by atoms with van der Waals surface area (Å²) in [5.41, 5.74) is 3.17. The van der Waals surface area contributed by atoms with Crippen LogP contribution in [-0.4, -0.2) is 39.3 Å². The highest BCUT2D eigenvalue weighted by atomic mass is 16.5. The predicted molar refractivity (Wildman–Crippen MR) is 109 cm³/mol. The molecule has 5 heteroatoms. The van der Waals surface area contributed by atoms with E-state index >= 15 is 0 Å². The highest BCUT2D eigenvalue weighted by Gasteiger charge is 2.25. The molecule has 28 heavy (non-hydrogen) atoms. The molecular weight excluding hydrogens is 350 g/mol.